The van der Waals surface area contributed by atoms with Crippen LogP contribution in [0.2, 0.25) is 5.28 Å². The summed E-state index contributed by atoms with van der Waals surface area (Å²) in [4.78, 5) is 11.2. The Morgan fingerprint density at radius 3 is 2.37 bits per heavy atom. The van der Waals surface area contributed by atoms with Crippen LogP contribution in [-0.4, -0.2) is 23.4 Å². The molecular formula is C11H11ClN4O2S. The Morgan fingerprint density at radius 2 is 1.79 bits per heavy atom. The molecule has 100 valence electrons. The number of nitrogens with zero attached hydrogens (tertiary/aromatic N) is 3. The molecule has 2 aromatic heterocycles. The molecular weight excluding hydrogens is 288 g/mol. The van der Waals surface area contributed by atoms with Crippen molar-refractivity contribution in [2.45, 2.75) is 17.9 Å². The Hall–Kier alpha value is -1.57. The van der Waals surface area contributed by atoms with Gasteiger partial charge in [-0.25, -0.2) is 23.1 Å². The molecule has 0 aliphatic heterocycles. The quantitative estimate of drug-likeness (QED) is 0.866. The molecule has 0 saturated heterocycles. The lowest BCUT2D eigenvalue weighted by Crippen LogP contribution is -2.27. The second-order valence-corrected chi connectivity index (χ2v) is 5.86. The van der Waals surface area contributed by atoms with Gasteiger partial charge in [0.2, 0.25) is 15.3 Å². The molecule has 6 nitrogen and oxygen atoms in total. The highest BCUT2D eigenvalue weighted by molar-refractivity contribution is 7.89. The summed E-state index contributed by atoms with van der Waals surface area (Å²) in [5.74, 6) is 0. The average molecular weight is 299 g/mol. The zero-order chi connectivity index (χ0) is 13.9. The van der Waals surface area contributed by atoms with Gasteiger partial charge in [-0.15, -0.1) is 0 Å². The highest BCUT2D eigenvalue weighted by Gasteiger charge is 2.19. The number of nitrogens with one attached hydrogen (secondary N) is 1. The number of halogens is 1. The van der Waals surface area contributed by atoms with Crippen LogP contribution in [0.25, 0.3) is 0 Å². The van der Waals surface area contributed by atoms with Gasteiger partial charge in [-0.3, -0.25) is 4.98 Å². The van der Waals surface area contributed by atoms with Crippen LogP contribution < -0.4 is 4.72 Å². The Labute approximate surface area is 115 Å². The highest BCUT2D eigenvalue weighted by atomic mass is 35.5. The van der Waals surface area contributed by atoms with Crippen LogP contribution in [0.15, 0.2) is 41.8 Å². The van der Waals surface area contributed by atoms with Crippen LogP contribution in [-0.2, 0) is 10.0 Å². The van der Waals surface area contributed by atoms with E-state index in [1.165, 1.54) is 0 Å². The summed E-state index contributed by atoms with van der Waals surface area (Å²) in [6.45, 7) is 1.74. The third-order valence-electron chi connectivity index (χ3n) is 2.44. The van der Waals surface area contributed by atoms with Crippen LogP contribution in [0.1, 0.15) is 18.5 Å². The molecule has 2 aromatic rings. The van der Waals surface area contributed by atoms with Gasteiger partial charge in [0.25, 0.3) is 0 Å². The Morgan fingerprint density at radius 1 is 1.21 bits per heavy atom. The van der Waals surface area contributed by atoms with Crippen LogP contribution >= 0.6 is 11.6 Å². The maximum atomic E-state index is 12.1. The topological polar surface area (TPSA) is 84.8 Å². The lowest BCUT2D eigenvalue weighted by Gasteiger charge is -2.13. The Balaban J connectivity index is 2.20. The molecule has 0 spiro atoms. The second kappa shape index (κ2) is 5.60. The highest BCUT2D eigenvalue weighted by Crippen LogP contribution is 2.15. The molecule has 1 unspecified atom stereocenters. The first-order valence-electron chi connectivity index (χ1n) is 5.39. The van der Waals surface area contributed by atoms with E-state index in [0.29, 0.717) is 0 Å². The van der Waals surface area contributed by atoms with Crippen LogP contribution in [0.5, 0.6) is 0 Å². The zero-order valence-corrected chi connectivity index (χ0v) is 11.6. The number of hydrogen-bond donors (Lipinski definition) is 1. The summed E-state index contributed by atoms with van der Waals surface area (Å²) in [5, 5.41) is 0.00105. The zero-order valence-electron chi connectivity index (χ0n) is 9.99. The van der Waals surface area contributed by atoms with Crippen molar-refractivity contribution in [2.24, 2.45) is 0 Å². The molecule has 1 atom stereocenters. The molecule has 2 rings (SSSR count). The van der Waals surface area contributed by atoms with Crippen molar-refractivity contribution in [3.05, 3.63) is 47.8 Å². The van der Waals surface area contributed by atoms with Crippen LogP contribution in [0.3, 0.4) is 0 Å². The lowest BCUT2D eigenvalue weighted by atomic mass is 10.1. The first-order chi connectivity index (χ1) is 8.99. The van der Waals surface area contributed by atoms with E-state index in [0.717, 1.165) is 18.0 Å². The minimum Gasteiger partial charge on any atom is -0.265 e. The maximum Gasteiger partial charge on any atom is 0.244 e. The van der Waals surface area contributed by atoms with E-state index in [4.69, 9.17) is 11.6 Å². The van der Waals surface area contributed by atoms with E-state index in [1.807, 2.05) is 0 Å². The van der Waals surface area contributed by atoms with Crippen LogP contribution in [0, 0.1) is 0 Å². The fraction of sp³-hybridized carbons (Fsp3) is 0.182. The van der Waals surface area contributed by atoms with Gasteiger partial charge in [-0.1, -0.05) is 0 Å². The maximum absolute atomic E-state index is 12.1. The molecule has 0 radical (unpaired) electrons. The fourth-order valence-electron chi connectivity index (χ4n) is 1.46. The summed E-state index contributed by atoms with van der Waals surface area (Å²) in [6, 6.07) is 3.10. The predicted octanol–water partition coefficient (Wildman–Crippen LogP) is 1.56. The fourth-order valence-corrected chi connectivity index (χ4v) is 2.68. The number of sulfonamides is 1. The summed E-state index contributed by atoms with van der Waals surface area (Å²) >= 11 is 5.52. The lowest BCUT2D eigenvalue weighted by molar-refractivity contribution is 0.566. The average Bonchev–Trinajstić information content (AvgIpc) is 2.40. The first-order valence-corrected chi connectivity index (χ1v) is 7.25. The molecule has 0 aromatic carbocycles. The van der Waals surface area contributed by atoms with Crippen molar-refractivity contribution in [3.63, 3.8) is 0 Å². The van der Waals surface area contributed by atoms with Crippen molar-refractivity contribution >= 4 is 21.6 Å². The summed E-state index contributed by atoms with van der Waals surface area (Å²) in [7, 11) is -3.68. The van der Waals surface area contributed by atoms with E-state index in [-0.39, 0.29) is 16.2 Å². The van der Waals surface area contributed by atoms with Crippen LogP contribution in [0.4, 0.5) is 0 Å². The van der Waals surface area contributed by atoms with Crippen molar-refractivity contribution in [1.29, 1.82) is 0 Å². The predicted molar refractivity (Wildman–Crippen MR) is 70.0 cm³/mol. The van der Waals surface area contributed by atoms with E-state index < -0.39 is 10.0 Å². The minimum absolute atomic E-state index is 0.00105. The SMILES string of the molecule is CC(NS(=O)(=O)c1cnc(Cl)nc1)c1ccncc1. The van der Waals surface area contributed by atoms with Crippen molar-refractivity contribution in [2.75, 3.05) is 0 Å². The van der Waals surface area contributed by atoms with Gasteiger partial charge in [-0.05, 0) is 36.2 Å². The molecule has 0 aliphatic rings. The number of rotatable bonds is 4. The van der Waals surface area contributed by atoms with Gasteiger partial charge in [0.1, 0.15) is 4.90 Å². The van der Waals surface area contributed by atoms with Crippen molar-refractivity contribution < 1.29 is 8.42 Å². The molecule has 0 aliphatic carbocycles. The molecule has 0 saturated carbocycles. The third-order valence-corrected chi connectivity index (χ3v) is 4.14. The molecule has 8 heteroatoms. The number of aromatic nitrogens is 3. The molecule has 19 heavy (non-hydrogen) atoms. The summed E-state index contributed by atoms with van der Waals surface area (Å²) in [6.07, 6.45) is 5.53. The van der Waals surface area contributed by atoms with Gasteiger partial charge in [-0.2, -0.15) is 0 Å². The van der Waals surface area contributed by atoms with Gasteiger partial charge in [0, 0.05) is 18.4 Å². The minimum atomic E-state index is -3.68. The normalized spacial score (nSPS) is 13.2. The van der Waals surface area contributed by atoms with E-state index in [1.54, 1.807) is 31.5 Å². The van der Waals surface area contributed by atoms with Gasteiger partial charge < -0.3 is 0 Å². The van der Waals surface area contributed by atoms with Crippen molar-refractivity contribution in [3.8, 4) is 0 Å². The Bertz CT molecular complexity index is 646. The van der Waals surface area contributed by atoms with Gasteiger partial charge in [0.05, 0.1) is 12.4 Å². The molecule has 0 fully saturated rings. The Kier molecular flexibility index (Phi) is 4.08. The molecule has 0 amide bonds. The largest absolute Gasteiger partial charge is 0.265 e. The van der Waals surface area contributed by atoms with Gasteiger partial charge >= 0.3 is 0 Å². The number of hydrogen-bond acceptors (Lipinski definition) is 5. The molecule has 2 heterocycles. The summed E-state index contributed by atoms with van der Waals surface area (Å²) in [5.41, 5.74) is 0.813. The van der Waals surface area contributed by atoms with E-state index in [2.05, 4.69) is 19.7 Å². The van der Waals surface area contributed by atoms with Crippen molar-refractivity contribution in [1.82, 2.24) is 19.7 Å². The smallest absolute Gasteiger partial charge is 0.244 e. The summed E-state index contributed by atoms with van der Waals surface area (Å²) < 4.78 is 26.7. The standard InChI is InChI=1S/C11H11ClN4O2S/c1-8(9-2-4-13-5-3-9)16-19(17,18)10-6-14-11(12)15-7-10/h2-8,16H,1H3. The molecule has 0 bridgehead atoms. The van der Waals surface area contributed by atoms with E-state index in [9.17, 15) is 8.42 Å². The third kappa shape index (κ3) is 3.46. The number of pyridine rings is 1. The molecule has 1 N–H and O–H groups in total. The van der Waals surface area contributed by atoms with E-state index >= 15 is 0 Å². The van der Waals surface area contributed by atoms with Gasteiger partial charge in [0.15, 0.2) is 0 Å². The first kappa shape index (κ1) is 13.9. The second-order valence-electron chi connectivity index (χ2n) is 3.81. The monoisotopic (exact) mass is 298 g/mol.